The summed E-state index contributed by atoms with van der Waals surface area (Å²) in [5, 5.41) is 9.56. The SMILES string of the molecule is CCCC1NNCC1C(=O)N1C[C@H](C(=O)O)[C@@H](c2ccc(F)cc2)C1. The lowest BCUT2D eigenvalue weighted by atomic mass is 9.89. The highest BCUT2D eigenvalue weighted by Crippen LogP contribution is 2.34. The molecule has 4 atom stereocenters. The van der Waals surface area contributed by atoms with Gasteiger partial charge in [-0.25, -0.2) is 4.39 Å². The van der Waals surface area contributed by atoms with Crippen molar-refractivity contribution < 1.29 is 19.1 Å². The fraction of sp³-hybridized carbons (Fsp3) is 0.556. The molecule has 0 radical (unpaired) electrons. The number of halogens is 1. The van der Waals surface area contributed by atoms with Crippen LogP contribution in [-0.4, -0.2) is 47.6 Å². The molecule has 1 aromatic rings. The summed E-state index contributed by atoms with van der Waals surface area (Å²) in [5.74, 6) is -2.44. The van der Waals surface area contributed by atoms with Crippen LogP contribution in [0.4, 0.5) is 4.39 Å². The van der Waals surface area contributed by atoms with E-state index in [-0.39, 0.29) is 36.1 Å². The number of carboxylic acids is 1. The molecule has 2 unspecified atom stereocenters. The number of carbonyl (C=O) groups excluding carboxylic acids is 1. The van der Waals surface area contributed by atoms with E-state index in [2.05, 4.69) is 17.8 Å². The molecule has 0 aromatic heterocycles. The summed E-state index contributed by atoms with van der Waals surface area (Å²) >= 11 is 0. The van der Waals surface area contributed by atoms with E-state index in [0.29, 0.717) is 13.1 Å². The van der Waals surface area contributed by atoms with E-state index in [0.717, 1.165) is 18.4 Å². The zero-order chi connectivity index (χ0) is 18.0. The summed E-state index contributed by atoms with van der Waals surface area (Å²) in [4.78, 5) is 26.3. The Kier molecular flexibility index (Phi) is 5.34. The zero-order valence-corrected chi connectivity index (χ0v) is 14.2. The summed E-state index contributed by atoms with van der Waals surface area (Å²) < 4.78 is 13.2. The van der Waals surface area contributed by atoms with Crippen molar-refractivity contribution in [3.63, 3.8) is 0 Å². The lowest BCUT2D eigenvalue weighted by Gasteiger charge is -2.23. The molecule has 0 aliphatic carbocycles. The van der Waals surface area contributed by atoms with Gasteiger partial charge in [-0.2, -0.15) is 0 Å². The molecule has 0 saturated carbocycles. The quantitative estimate of drug-likeness (QED) is 0.747. The second-order valence-corrected chi connectivity index (χ2v) is 6.87. The number of carboxylic acid groups (broad SMARTS) is 1. The Labute approximate surface area is 146 Å². The van der Waals surface area contributed by atoms with Crippen molar-refractivity contribution in [3.05, 3.63) is 35.6 Å². The molecule has 2 aliphatic heterocycles. The third-order valence-electron chi connectivity index (χ3n) is 5.26. The molecule has 3 rings (SSSR count). The monoisotopic (exact) mass is 349 g/mol. The van der Waals surface area contributed by atoms with E-state index >= 15 is 0 Å². The summed E-state index contributed by atoms with van der Waals surface area (Å²) in [7, 11) is 0. The minimum absolute atomic E-state index is 0.00758. The molecular weight excluding hydrogens is 325 g/mol. The van der Waals surface area contributed by atoms with Crippen molar-refractivity contribution in [2.75, 3.05) is 19.6 Å². The Morgan fingerprint density at radius 3 is 2.60 bits per heavy atom. The van der Waals surface area contributed by atoms with Gasteiger partial charge in [-0.3, -0.25) is 20.4 Å². The van der Waals surface area contributed by atoms with Crippen molar-refractivity contribution in [2.24, 2.45) is 11.8 Å². The number of carbonyl (C=O) groups is 2. The molecule has 2 saturated heterocycles. The first-order chi connectivity index (χ1) is 12.0. The van der Waals surface area contributed by atoms with E-state index in [9.17, 15) is 19.1 Å². The second-order valence-electron chi connectivity index (χ2n) is 6.87. The third kappa shape index (κ3) is 3.67. The van der Waals surface area contributed by atoms with E-state index < -0.39 is 11.9 Å². The lowest BCUT2D eigenvalue weighted by Crippen LogP contribution is -2.41. The number of hydrazine groups is 1. The number of benzene rings is 1. The second kappa shape index (κ2) is 7.49. The standard InChI is InChI=1S/C18H24FN3O3/c1-2-3-16-13(8-20-21-16)17(23)22-9-14(15(10-22)18(24)25)11-4-6-12(19)7-5-11/h4-7,13-16,20-21H,2-3,8-10H2,1H3,(H,24,25)/t13?,14-,15+,16?/m1/s1. The first-order valence-corrected chi connectivity index (χ1v) is 8.76. The molecule has 2 fully saturated rings. The van der Waals surface area contributed by atoms with Crippen LogP contribution in [0.1, 0.15) is 31.2 Å². The highest BCUT2D eigenvalue weighted by atomic mass is 19.1. The number of nitrogens with one attached hydrogen (secondary N) is 2. The number of hydrogen-bond acceptors (Lipinski definition) is 4. The van der Waals surface area contributed by atoms with Crippen LogP contribution in [0.25, 0.3) is 0 Å². The topological polar surface area (TPSA) is 81.7 Å². The first-order valence-electron chi connectivity index (χ1n) is 8.76. The van der Waals surface area contributed by atoms with Crippen molar-refractivity contribution >= 4 is 11.9 Å². The summed E-state index contributed by atoms with van der Waals surface area (Å²) in [6, 6.07) is 5.97. The van der Waals surface area contributed by atoms with Gasteiger partial charge in [0.2, 0.25) is 5.91 Å². The van der Waals surface area contributed by atoms with Gasteiger partial charge in [-0.1, -0.05) is 25.5 Å². The molecule has 3 N–H and O–H groups in total. The van der Waals surface area contributed by atoms with E-state index in [1.54, 1.807) is 17.0 Å². The molecule has 1 amide bonds. The predicted octanol–water partition coefficient (Wildman–Crippen LogP) is 1.34. The van der Waals surface area contributed by atoms with Crippen LogP contribution in [0, 0.1) is 17.7 Å². The zero-order valence-electron chi connectivity index (χ0n) is 14.2. The Bertz CT molecular complexity index is 637. The van der Waals surface area contributed by atoms with Crippen LogP contribution in [0.15, 0.2) is 24.3 Å². The molecule has 0 bridgehead atoms. The van der Waals surface area contributed by atoms with Crippen molar-refractivity contribution in [1.82, 2.24) is 15.8 Å². The van der Waals surface area contributed by atoms with Crippen LogP contribution < -0.4 is 10.9 Å². The van der Waals surface area contributed by atoms with E-state index in [1.165, 1.54) is 12.1 Å². The maximum Gasteiger partial charge on any atom is 0.308 e. The highest BCUT2D eigenvalue weighted by molar-refractivity contribution is 5.82. The van der Waals surface area contributed by atoms with Gasteiger partial charge in [0.25, 0.3) is 0 Å². The number of rotatable bonds is 5. The van der Waals surface area contributed by atoms with Crippen LogP contribution in [0.2, 0.25) is 0 Å². The van der Waals surface area contributed by atoms with Gasteiger partial charge in [0.1, 0.15) is 5.82 Å². The minimum atomic E-state index is -0.919. The lowest BCUT2D eigenvalue weighted by molar-refractivity contribution is -0.142. The normalized spacial score (nSPS) is 29.1. The Hall–Kier alpha value is -1.99. The van der Waals surface area contributed by atoms with Gasteiger partial charge < -0.3 is 10.0 Å². The Morgan fingerprint density at radius 1 is 1.24 bits per heavy atom. The van der Waals surface area contributed by atoms with Crippen molar-refractivity contribution in [1.29, 1.82) is 0 Å². The molecule has 7 heteroatoms. The van der Waals surface area contributed by atoms with E-state index in [4.69, 9.17) is 0 Å². The fourth-order valence-electron chi connectivity index (χ4n) is 3.90. The Morgan fingerprint density at radius 2 is 1.96 bits per heavy atom. The smallest absolute Gasteiger partial charge is 0.308 e. The molecule has 0 spiro atoms. The van der Waals surface area contributed by atoms with Gasteiger partial charge in [0.05, 0.1) is 11.8 Å². The van der Waals surface area contributed by atoms with Crippen molar-refractivity contribution in [2.45, 2.75) is 31.7 Å². The third-order valence-corrected chi connectivity index (χ3v) is 5.26. The minimum Gasteiger partial charge on any atom is -0.481 e. The molecule has 6 nitrogen and oxygen atoms in total. The van der Waals surface area contributed by atoms with Crippen LogP contribution in [0.5, 0.6) is 0 Å². The predicted molar refractivity (Wildman–Crippen MR) is 90.2 cm³/mol. The number of hydrogen-bond donors (Lipinski definition) is 3. The molecule has 136 valence electrons. The maximum absolute atomic E-state index is 13.2. The first kappa shape index (κ1) is 17.8. The van der Waals surface area contributed by atoms with Gasteiger partial charge in [0.15, 0.2) is 0 Å². The number of likely N-dealkylation sites (tertiary alicyclic amines) is 1. The van der Waals surface area contributed by atoms with Crippen LogP contribution in [0.3, 0.4) is 0 Å². The molecule has 25 heavy (non-hydrogen) atoms. The maximum atomic E-state index is 13.2. The molecule has 2 heterocycles. The average Bonchev–Trinajstić information content (AvgIpc) is 3.22. The van der Waals surface area contributed by atoms with Crippen LogP contribution >= 0.6 is 0 Å². The molecular formula is C18H24FN3O3. The number of amides is 1. The fourth-order valence-corrected chi connectivity index (χ4v) is 3.90. The van der Waals surface area contributed by atoms with Gasteiger partial charge in [0, 0.05) is 31.6 Å². The van der Waals surface area contributed by atoms with Gasteiger partial charge >= 0.3 is 5.97 Å². The van der Waals surface area contributed by atoms with Gasteiger partial charge in [-0.15, -0.1) is 0 Å². The highest BCUT2D eigenvalue weighted by Gasteiger charge is 2.44. The molecule has 1 aromatic carbocycles. The average molecular weight is 349 g/mol. The van der Waals surface area contributed by atoms with Gasteiger partial charge in [-0.05, 0) is 24.1 Å². The largest absolute Gasteiger partial charge is 0.481 e. The summed E-state index contributed by atoms with van der Waals surface area (Å²) in [6.07, 6.45) is 1.86. The number of aliphatic carboxylic acids is 1. The Balaban J connectivity index is 1.76. The molecule has 2 aliphatic rings. The summed E-state index contributed by atoms with van der Waals surface area (Å²) in [6.45, 7) is 3.18. The summed E-state index contributed by atoms with van der Waals surface area (Å²) in [5.41, 5.74) is 6.94. The van der Waals surface area contributed by atoms with E-state index in [1.807, 2.05) is 0 Å². The van der Waals surface area contributed by atoms with Crippen LogP contribution in [-0.2, 0) is 9.59 Å². The van der Waals surface area contributed by atoms with Crippen molar-refractivity contribution in [3.8, 4) is 0 Å². The number of nitrogens with zero attached hydrogens (tertiary/aromatic N) is 1.